The summed E-state index contributed by atoms with van der Waals surface area (Å²) in [6, 6.07) is 3.54. The summed E-state index contributed by atoms with van der Waals surface area (Å²) >= 11 is 6.04. The largest absolute Gasteiger partial charge is 0.495 e. The second kappa shape index (κ2) is 8.90. The molecule has 118 valence electrons. The summed E-state index contributed by atoms with van der Waals surface area (Å²) in [5.41, 5.74) is 1.56. The Morgan fingerprint density at radius 1 is 1.33 bits per heavy atom. The first-order valence-corrected chi connectivity index (χ1v) is 7.66. The van der Waals surface area contributed by atoms with Gasteiger partial charge in [-0.05, 0) is 37.4 Å². The Morgan fingerprint density at radius 2 is 2.05 bits per heavy atom. The van der Waals surface area contributed by atoms with Crippen molar-refractivity contribution in [1.82, 2.24) is 5.32 Å². The predicted molar refractivity (Wildman–Crippen MR) is 88.3 cm³/mol. The summed E-state index contributed by atoms with van der Waals surface area (Å²) in [4.78, 5) is 11.9. The predicted octanol–water partition coefficient (Wildman–Crippen LogP) is 3.62. The number of methoxy groups -OCH3 is 1. The minimum atomic E-state index is -0.0351. The Bertz CT molecular complexity index is 476. The van der Waals surface area contributed by atoms with Crippen molar-refractivity contribution in [3.8, 4) is 5.75 Å². The van der Waals surface area contributed by atoms with Gasteiger partial charge in [-0.3, -0.25) is 4.79 Å². The molecule has 0 aliphatic heterocycles. The maximum atomic E-state index is 11.9. The highest BCUT2D eigenvalue weighted by Gasteiger charge is 2.10. The van der Waals surface area contributed by atoms with E-state index in [1.165, 1.54) is 0 Å². The van der Waals surface area contributed by atoms with Crippen LogP contribution in [0.15, 0.2) is 12.1 Å². The van der Waals surface area contributed by atoms with E-state index in [4.69, 9.17) is 16.3 Å². The third kappa shape index (κ3) is 6.36. The number of hydrogen-bond donors (Lipinski definition) is 2. The molecule has 2 N–H and O–H groups in total. The van der Waals surface area contributed by atoms with Crippen LogP contribution in [0.25, 0.3) is 0 Å². The molecular formula is C16H25ClN2O2. The van der Waals surface area contributed by atoms with Crippen LogP contribution in [-0.2, 0) is 4.79 Å². The number of rotatable bonds is 8. The number of hydrogen-bond acceptors (Lipinski definition) is 3. The lowest BCUT2D eigenvalue weighted by Gasteiger charge is -2.12. The quantitative estimate of drug-likeness (QED) is 0.721. The second-order valence-corrected chi connectivity index (χ2v) is 5.94. The molecule has 0 unspecified atom stereocenters. The molecule has 0 radical (unpaired) electrons. The summed E-state index contributed by atoms with van der Waals surface area (Å²) in [5.74, 6) is 1.21. The Kier molecular flexibility index (Phi) is 7.54. The minimum absolute atomic E-state index is 0.0351. The van der Waals surface area contributed by atoms with Crippen LogP contribution < -0.4 is 15.4 Å². The first-order chi connectivity index (χ1) is 9.93. The van der Waals surface area contributed by atoms with Gasteiger partial charge in [-0.2, -0.15) is 0 Å². The van der Waals surface area contributed by atoms with E-state index in [0.717, 1.165) is 18.5 Å². The van der Waals surface area contributed by atoms with E-state index >= 15 is 0 Å². The fraction of sp³-hybridized carbons (Fsp3) is 0.562. The molecule has 0 bridgehead atoms. The van der Waals surface area contributed by atoms with Crippen molar-refractivity contribution in [3.63, 3.8) is 0 Å². The van der Waals surface area contributed by atoms with Crippen molar-refractivity contribution in [2.24, 2.45) is 5.92 Å². The summed E-state index contributed by atoms with van der Waals surface area (Å²) in [6.07, 6.45) is 1.55. The Hall–Kier alpha value is -1.26. The average molecular weight is 313 g/mol. The van der Waals surface area contributed by atoms with Gasteiger partial charge in [0.25, 0.3) is 0 Å². The lowest BCUT2D eigenvalue weighted by Crippen LogP contribution is -2.23. The van der Waals surface area contributed by atoms with Crippen molar-refractivity contribution < 1.29 is 9.53 Å². The molecule has 4 nitrogen and oxygen atoms in total. The number of amides is 1. The molecular weight excluding hydrogens is 288 g/mol. The van der Waals surface area contributed by atoms with Crippen LogP contribution in [0, 0.1) is 12.8 Å². The number of aryl methyl sites for hydroxylation is 1. The number of carbonyl (C=O) groups is 1. The molecule has 0 aliphatic carbocycles. The van der Waals surface area contributed by atoms with E-state index in [2.05, 4.69) is 24.5 Å². The van der Waals surface area contributed by atoms with Crippen LogP contribution in [0.2, 0.25) is 5.02 Å². The molecule has 0 fully saturated rings. The van der Waals surface area contributed by atoms with Gasteiger partial charge < -0.3 is 15.4 Å². The molecule has 1 amide bonds. The molecule has 21 heavy (non-hydrogen) atoms. The second-order valence-electron chi connectivity index (χ2n) is 5.53. The molecule has 1 rings (SSSR count). The lowest BCUT2D eigenvalue weighted by atomic mass is 10.1. The fourth-order valence-corrected chi connectivity index (χ4v) is 2.01. The van der Waals surface area contributed by atoms with Gasteiger partial charge in [0.1, 0.15) is 5.75 Å². The fourth-order valence-electron chi connectivity index (χ4n) is 1.86. The Morgan fingerprint density at radius 3 is 2.67 bits per heavy atom. The molecule has 0 aromatic heterocycles. The molecule has 0 saturated heterocycles. The molecule has 0 spiro atoms. The molecule has 5 heteroatoms. The number of halogens is 1. The van der Waals surface area contributed by atoms with E-state index < -0.39 is 0 Å². The van der Waals surface area contributed by atoms with Gasteiger partial charge in [0.2, 0.25) is 5.91 Å². The van der Waals surface area contributed by atoms with Crippen molar-refractivity contribution in [3.05, 3.63) is 22.7 Å². The van der Waals surface area contributed by atoms with E-state index in [1.807, 2.05) is 13.0 Å². The number of anilines is 1. The van der Waals surface area contributed by atoms with Crippen molar-refractivity contribution in [1.29, 1.82) is 0 Å². The van der Waals surface area contributed by atoms with Gasteiger partial charge in [0, 0.05) is 24.1 Å². The van der Waals surface area contributed by atoms with E-state index in [1.54, 1.807) is 13.2 Å². The third-order valence-electron chi connectivity index (χ3n) is 3.18. The number of nitrogens with one attached hydrogen (secondary N) is 2. The van der Waals surface area contributed by atoms with Gasteiger partial charge >= 0.3 is 0 Å². The van der Waals surface area contributed by atoms with Crippen molar-refractivity contribution in [2.45, 2.75) is 33.6 Å². The topological polar surface area (TPSA) is 50.4 Å². The third-order valence-corrected chi connectivity index (χ3v) is 3.59. The van der Waals surface area contributed by atoms with E-state index in [0.29, 0.717) is 35.3 Å². The smallest absolute Gasteiger partial charge is 0.225 e. The maximum Gasteiger partial charge on any atom is 0.225 e. The van der Waals surface area contributed by atoms with Crippen LogP contribution in [0.4, 0.5) is 5.69 Å². The number of ether oxygens (including phenoxy) is 1. The zero-order chi connectivity index (χ0) is 15.8. The number of benzene rings is 1. The SMILES string of the molecule is COc1cc(Cl)c(C)cc1NC(=O)CCNCCC(C)C. The number of carbonyl (C=O) groups excluding carboxylic acids is 1. The van der Waals surface area contributed by atoms with Gasteiger partial charge in [0.15, 0.2) is 0 Å². The molecule has 0 saturated carbocycles. The summed E-state index contributed by atoms with van der Waals surface area (Å²) in [5, 5.41) is 6.76. The van der Waals surface area contributed by atoms with Crippen LogP contribution >= 0.6 is 11.6 Å². The summed E-state index contributed by atoms with van der Waals surface area (Å²) in [6.45, 7) is 7.87. The normalized spacial score (nSPS) is 10.8. The van der Waals surface area contributed by atoms with E-state index in [-0.39, 0.29) is 5.91 Å². The maximum absolute atomic E-state index is 11.9. The zero-order valence-corrected chi connectivity index (χ0v) is 14.0. The minimum Gasteiger partial charge on any atom is -0.495 e. The molecule has 0 heterocycles. The van der Waals surface area contributed by atoms with Gasteiger partial charge in [-0.25, -0.2) is 0 Å². The average Bonchev–Trinajstić information content (AvgIpc) is 2.41. The molecule has 1 aromatic rings. The molecule has 0 atom stereocenters. The van der Waals surface area contributed by atoms with Crippen LogP contribution in [-0.4, -0.2) is 26.1 Å². The summed E-state index contributed by atoms with van der Waals surface area (Å²) in [7, 11) is 1.56. The lowest BCUT2D eigenvalue weighted by molar-refractivity contribution is -0.116. The van der Waals surface area contributed by atoms with Gasteiger partial charge in [-0.15, -0.1) is 0 Å². The van der Waals surface area contributed by atoms with Crippen LogP contribution in [0.1, 0.15) is 32.3 Å². The standard InChI is InChI=1S/C16H25ClN2O2/c1-11(2)5-7-18-8-6-16(20)19-14-9-12(3)13(17)10-15(14)21-4/h9-11,18H,5-8H2,1-4H3,(H,19,20). The highest BCUT2D eigenvalue weighted by Crippen LogP contribution is 2.30. The van der Waals surface area contributed by atoms with Crippen LogP contribution in [0.5, 0.6) is 5.75 Å². The van der Waals surface area contributed by atoms with Crippen LogP contribution in [0.3, 0.4) is 0 Å². The Balaban J connectivity index is 2.46. The van der Waals surface area contributed by atoms with Crippen molar-refractivity contribution in [2.75, 3.05) is 25.5 Å². The van der Waals surface area contributed by atoms with Gasteiger partial charge in [-0.1, -0.05) is 25.4 Å². The highest BCUT2D eigenvalue weighted by molar-refractivity contribution is 6.31. The van der Waals surface area contributed by atoms with Gasteiger partial charge in [0.05, 0.1) is 12.8 Å². The first-order valence-electron chi connectivity index (χ1n) is 7.28. The molecule has 1 aromatic carbocycles. The molecule has 0 aliphatic rings. The zero-order valence-electron chi connectivity index (χ0n) is 13.3. The van der Waals surface area contributed by atoms with Crippen molar-refractivity contribution >= 4 is 23.2 Å². The van der Waals surface area contributed by atoms with E-state index in [9.17, 15) is 4.79 Å². The Labute approximate surface area is 132 Å². The summed E-state index contributed by atoms with van der Waals surface area (Å²) < 4.78 is 5.24. The highest BCUT2D eigenvalue weighted by atomic mass is 35.5. The first kappa shape index (κ1) is 17.8. The monoisotopic (exact) mass is 312 g/mol.